The third-order valence-electron chi connectivity index (χ3n) is 6.52. The van der Waals surface area contributed by atoms with Crippen molar-refractivity contribution >= 4 is 16.8 Å². The Morgan fingerprint density at radius 1 is 1.21 bits per heavy atom. The molecule has 2 saturated heterocycles. The first-order valence-electron chi connectivity index (χ1n) is 11.8. The predicted octanol–water partition coefficient (Wildman–Crippen LogP) is 3.34. The summed E-state index contributed by atoms with van der Waals surface area (Å²) in [6.45, 7) is 4.17. The lowest BCUT2D eigenvalue weighted by molar-refractivity contribution is -0.119. The van der Waals surface area contributed by atoms with Crippen LogP contribution in [0.4, 0.5) is 0 Å². The maximum atomic E-state index is 11.5. The van der Waals surface area contributed by atoms with Crippen molar-refractivity contribution in [1.82, 2.24) is 20.6 Å². The number of benzene rings is 1. The van der Waals surface area contributed by atoms with E-state index in [1.54, 1.807) is 13.3 Å². The molecule has 3 unspecified atom stereocenters. The Labute approximate surface area is 199 Å². The SMILES string of the molecule is COc1cc(-c2cc3ncccc3c(OCC3CNC(=O)C3)n2)ccc1OC(C)C1CCCN1. The quantitative estimate of drug-likeness (QED) is 0.530. The van der Waals surface area contributed by atoms with Crippen molar-refractivity contribution in [3.8, 4) is 28.6 Å². The number of aromatic nitrogens is 2. The number of rotatable bonds is 8. The molecule has 5 rings (SSSR count). The summed E-state index contributed by atoms with van der Waals surface area (Å²) in [5.74, 6) is 2.08. The van der Waals surface area contributed by atoms with Crippen molar-refractivity contribution in [2.24, 2.45) is 5.92 Å². The van der Waals surface area contributed by atoms with Gasteiger partial charge in [0.25, 0.3) is 0 Å². The fourth-order valence-corrected chi connectivity index (χ4v) is 4.60. The number of amides is 1. The van der Waals surface area contributed by atoms with E-state index in [9.17, 15) is 4.79 Å². The molecule has 2 N–H and O–H groups in total. The van der Waals surface area contributed by atoms with E-state index in [4.69, 9.17) is 19.2 Å². The average molecular weight is 463 g/mol. The molecule has 1 aromatic carbocycles. The van der Waals surface area contributed by atoms with Crippen LogP contribution in [0.15, 0.2) is 42.6 Å². The van der Waals surface area contributed by atoms with Gasteiger partial charge in [0, 0.05) is 36.7 Å². The Kier molecular flexibility index (Phi) is 6.49. The number of nitrogens with one attached hydrogen (secondary N) is 2. The lowest BCUT2D eigenvalue weighted by Gasteiger charge is -2.22. The molecule has 4 heterocycles. The van der Waals surface area contributed by atoms with Gasteiger partial charge < -0.3 is 24.8 Å². The summed E-state index contributed by atoms with van der Waals surface area (Å²) in [7, 11) is 1.64. The van der Waals surface area contributed by atoms with Crippen molar-refractivity contribution in [2.45, 2.75) is 38.3 Å². The van der Waals surface area contributed by atoms with Gasteiger partial charge >= 0.3 is 0 Å². The van der Waals surface area contributed by atoms with Gasteiger partial charge in [-0.3, -0.25) is 9.78 Å². The lowest BCUT2D eigenvalue weighted by Crippen LogP contribution is -2.36. The molecule has 2 aliphatic heterocycles. The standard InChI is InChI=1S/C26H30N4O4/c1-16(20-6-4-10-27-20)34-23-8-7-18(12-24(23)32-2)21-13-22-19(5-3-9-28-22)26(30-21)33-15-17-11-25(31)29-14-17/h3,5,7-9,12-13,16-17,20,27H,4,6,10-11,14-15H2,1-2H3,(H,29,31). The first kappa shape index (κ1) is 22.4. The van der Waals surface area contributed by atoms with Crippen molar-refractivity contribution in [2.75, 3.05) is 26.8 Å². The summed E-state index contributed by atoms with van der Waals surface area (Å²) in [5.41, 5.74) is 2.41. The highest BCUT2D eigenvalue weighted by molar-refractivity contribution is 5.87. The molecule has 3 aromatic rings. The van der Waals surface area contributed by atoms with Crippen LogP contribution in [0.2, 0.25) is 0 Å². The van der Waals surface area contributed by atoms with Crippen molar-refractivity contribution < 1.29 is 19.0 Å². The van der Waals surface area contributed by atoms with Gasteiger partial charge in [-0.05, 0) is 62.7 Å². The second kappa shape index (κ2) is 9.85. The molecular weight excluding hydrogens is 432 g/mol. The first-order valence-corrected chi connectivity index (χ1v) is 11.8. The summed E-state index contributed by atoms with van der Waals surface area (Å²) in [4.78, 5) is 20.8. The van der Waals surface area contributed by atoms with Gasteiger partial charge in [0.2, 0.25) is 11.8 Å². The number of hydrogen-bond donors (Lipinski definition) is 2. The Morgan fingerprint density at radius 2 is 2.12 bits per heavy atom. The normalized spacial score (nSPS) is 20.8. The maximum Gasteiger partial charge on any atom is 0.223 e. The van der Waals surface area contributed by atoms with E-state index in [2.05, 4.69) is 22.5 Å². The molecule has 8 heteroatoms. The minimum Gasteiger partial charge on any atom is -0.493 e. The van der Waals surface area contributed by atoms with Crippen LogP contribution in [0.1, 0.15) is 26.2 Å². The largest absolute Gasteiger partial charge is 0.493 e. The van der Waals surface area contributed by atoms with Crippen molar-refractivity contribution in [3.63, 3.8) is 0 Å². The molecule has 2 aliphatic rings. The monoisotopic (exact) mass is 462 g/mol. The van der Waals surface area contributed by atoms with E-state index in [-0.39, 0.29) is 17.9 Å². The van der Waals surface area contributed by atoms with Crippen molar-refractivity contribution in [3.05, 3.63) is 42.6 Å². The predicted molar refractivity (Wildman–Crippen MR) is 129 cm³/mol. The summed E-state index contributed by atoms with van der Waals surface area (Å²) >= 11 is 0. The van der Waals surface area contributed by atoms with E-state index in [0.717, 1.165) is 35.1 Å². The average Bonchev–Trinajstić information content (AvgIpc) is 3.55. The highest BCUT2D eigenvalue weighted by Gasteiger charge is 2.24. The summed E-state index contributed by atoms with van der Waals surface area (Å²) in [5, 5.41) is 7.18. The molecule has 3 atom stereocenters. The van der Waals surface area contributed by atoms with Crippen LogP contribution in [0.3, 0.4) is 0 Å². The zero-order chi connectivity index (χ0) is 23.5. The van der Waals surface area contributed by atoms with Gasteiger partial charge in [-0.25, -0.2) is 4.98 Å². The van der Waals surface area contributed by atoms with Gasteiger partial charge in [0.15, 0.2) is 11.5 Å². The second-order valence-corrected chi connectivity index (χ2v) is 8.96. The van der Waals surface area contributed by atoms with Crippen LogP contribution in [-0.4, -0.2) is 54.8 Å². The number of nitrogens with zero attached hydrogens (tertiary/aromatic N) is 2. The van der Waals surface area contributed by atoms with Crippen LogP contribution in [0, 0.1) is 5.92 Å². The van der Waals surface area contributed by atoms with E-state index in [0.29, 0.717) is 43.0 Å². The van der Waals surface area contributed by atoms with Gasteiger partial charge in [-0.2, -0.15) is 0 Å². The second-order valence-electron chi connectivity index (χ2n) is 8.96. The zero-order valence-electron chi connectivity index (χ0n) is 19.5. The van der Waals surface area contributed by atoms with Crippen LogP contribution < -0.4 is 24.8 Å². The number of carbonyl (C=O) groups is 1. The summed E-state index contributed by atoms with van der Waals surface area (Å²) < 4.78 is 18.0. The Morgan fingerprint density at radius 3 is 2.88 bits per heavy atom. The van der Waals surface area contributed by atoms with Crippen LogP contribution >= 0.6 is 0 Å². The molecule has 0 bridgehead atoms. The van der Waals surface area contributed by atoms with E-state index >= 15 is 0 Å². The number of methoxy groups -OCH3 is 1. The Hall–Kier alpha value is -3.39. The molecule has 0 radical (unpaired) electrons. The van der Waals surface area contributed by atoms with E-state index < -0.39 is 0 Å². The molecule has 8 nitrogen and oxygen atoms in total. The molecule has 34 heavy (non-hydrogen) atoms. The third-order valence-corrected chi connectivity index (χ3v) is 6.52. The molecule has 0 aliphatic carbocycles. The molecular formula is C26H30N4O4. The lowest BCUT2D eigenvalue weighted by atomic mass is 10.1. The van der Waals surface area contributed by atoms with E-state index in [1.165, 1.54) is 6.42 Å². The zero-order valence-corrected chi connectivity index (χ0v) is 19.5. The number of ether oxygens (including phenoxy) is 3. The summed E-state index contributed by atoms with van der Waals surface area (Å²) in [6, 6.07) is 12.0. The topological polar surface area (TPSA) is 94.6 Å². The van der Waals surface area contributed by atoms with E-state index in [1.807, 2.05) is 36.4 Å². The molecule has 0 spiro atoms. The molecule has 2 aromatic heterocycles. The smallest absolute Gasteiger partial charge is 0.223 e. The fourth-order valence-electron chi connectivity index (χ4n) is 4.60. The minimum absolute atomic E-state index is 0.0437. The highest BCUT2D eigenvalue weighted by Crippen LogP contribution is 2.35. The number of pyridine rings is 2. The number of hydrogen-bond acceptors (Lipinski definition) is 7. The van der Waals surface area contributed by atoms with Crippen molar-refractivity contribution in [1.29, 1.82) is 0 Å². The minimum atomic E-state index is 0.0437. The third kappa shape index (κ3) is 4.77. The Balaban J connectivity index is 1.41. The number of carbonyl (C=O) groups excluding carboxylic acids is 1. The number of fused-ring (bicyclic) bond motifs is 1. The molecule has 178 valence electrons. The van der Waals surface area contributed by atoms with Crippen LogP contribution in [-0.2, 0) is 4.79 Å². The molecule has 2 fully saturated rings. The maximum absolute atomic E-state index is 11.5. The van der Waals surface area contributed by atoms with Crippen LogP contribution in [0.25, 0.3) is 22.2 Å². The Bertz CT molecular complexity index is 1180. The fraction of sp³-hybridized carbons (Fsp3) is 0.423. The van der Waals surface area contributed by atoms with Gasteiger partial charge in [-0.15, -0.1) is 0 Å². The summed E-state index contributed by atoms with van der Waals surface area (Å²) in [6.07, 6.45) is 4.56. The molecule has 0 saturated carbocycles. The molecule has 1 amide bonds. The first-order chi connectivity index (χ1) is 16.6. The van der Waals surface area contributed by atoms with Gasteiger partial charge in [0.05, 0.1) is 30.3 Å². The highest BCUT2D eigenvalue weighted by atomic mass is 16.5. The van der Waals surface area contributed by atoms with Crippen LogP contribution in [0.5, 0.6) is 17.4 Å². The van der Waals surface area contributed by atoms with Gasteiger partial charge in [-0.1, -0.05) is 0 Å². The van der Waals surface area contributed by atoms with Gasteiger partial charge in [0.1, 0.15) is 6.10 Å².